The minimum absolute atomic E-state index is 0.0802. The molecule has 0 aliphatic rings. The topological polar surface area (TPSA) is 78.9 Å². The van der Waals surface area contributed by atoms with E-state index in [9.17, 15) is 14.4 Å². The highest BCUT2D eigenvalue weighted by Crippen LogP contribution is 2.15. The van der Waals surface area contributed by atoms with Crippen LogP contribution in [-0.4, -0.2) is 37.2 Å². The molecule has 0 spiro atoms. The second-order valence-electron chi connectivity index (χ2n) is 18.1. The van der Waals surface area contributed by atoms with Gasteiger partial charge in [-0.25, -0.2) is 0 Å². The highest BCUT2D eigenvalue weighted by Gasteiger charge is 2.19. The van der Waals surface area contributed by atoms with Crippen molar-refractivity contribution in [2.75, 3.05) is 13.2 Å². The van der Waals surface area contributed by atoms with Gasteiger partial charge in [-0.1, -0.05) is 230 Å². The minimum atomic E-state index is -0.782. The van der Waals surface area contributed by atoms with Gasteiger partial charge in [-0.05, 0) is 77.0 Å². The van der Waals surface area contributed by atoms with Crippen LogP contribution in [0.15, 0.2) is 48.6 Å². The third-order valence-corrected chi connectivity index (χ3v) is 11.8. The van der Waals surface area contributed by atoms with Gasteiger partial charge < -0.3 is 14.2 Å². The average molecular weight is 883 g/mol. The third-order valence-electron chi connectivity index (χ3n) is 11.8. The molecule has 0 aromatic carbocycles. The van der Waals surface area contributed by atoms with Crippen molar-refractivity contribution in [2.45, 2.75) is 284 Å². The van der Waals surface area contributed by atoms with Gasteiger partial charge in [-0.3, -0.25) is 14.4 Å². The molecule has 6 heteroatoms. The second kappa shape index (κ2) is 52.0. The van der Waals surface area contributed by atoms with Gasteiger partial charge in [0.25, 0.3) is 0 Å². The molecular weight excluding hydrogens is 781 g/mol. The van der Waals surface area contributed by atoms with E-state index >= 15 is 0 Å². The lowest BCUT2D eigenvalue weighted by Gasteiger charge is -2.18. The van der Waals surface area contributed by atoms with Gasteiger partial charge in [-0.15, -0.1) is 0 Å². The molecule has 0 fully saturated rings. The zero-order chi connectivity index (χ0) is 45.8. The summed E-state index contributed by atoms with van der Waals surface area (Å²) in [5, 5.41) is 0. The Morgan fingerprint density at radius 2 is 0.619 bits per heavy atom. The molecule has 0 aromatic rings. The quantitative estimate of drug-likeness (QED) is 0.0262. The van der Waals surface area contributed by atoms with E-state index in [1.54, 1.807) is 0 Å². The lowest BCUT2D eigenvalue weighted by atomic mass is 10.0. The van der Waals surface area contributed by atoms with Gasteiger partial charge >= 0.3 is 17.9 Å². The van der Waals surface area contributed by atoms with Crippen LogP contribution in [0.1, 0.15) is 278 Å². The van der Waals surface area contributed by atoms with Gasteiger partial charge in [0.1, 0.15) is 13.2 Å². The summed E-state index contributed by atoms with van der Waals surface area (Å²) in [5.41, 5.74) is 0. The summed E-state index contributed by atoms with van der Waals surface area (Å²) in [5.74, 6) is -0.895. The van der Waals surface area contributed by atoms with Crippen molar-refractivity contribution in [2.24, 2.45) is 0 Å². The Morgan fingerprint density at radius 3 is 0.984 bits per heavy atom. The molecule has 0 rings (SSSR count). The number of hydrogen-bond donors (Lipinski definition) is 0. The Balaban J connectivity index is 4.39. The molecule has 0 aromatic heterocycles. The van der Waals surface area contributed by atoms with Crippen molar-refractivity contribution in [1.82, 2.24) is 0 Å². The second-order valence-corrected chi connectivity index (χ2v) is 18.1. The van der Waals surface area contributed by atoms with Gasteiger partial charge in [0, 0.05) is 19.3 Å². The van der Waals surface area contributed by atoms with E-state index in [1.165, 1.54) is 135 Å². The molecule has 63 heavy (non-hydrogen) atoms. The van der Waals surface area contributed by atoms with E-state index in [4.69, 9.17) is 14.2 Å². The van der Waals surface area contributed by atoms with Gasteiger partial charge in [0.05, 0.1) is 0 Å². The van der Waals surface area contributed by atoms with E-state index in [1.807, 2.05) is 0 Å². The Kier molecular flexibility index (Phi) is 49.8. The smallest absolute Gasteiger partial charge is 0.306 e. The lowest BCUT2D eigenvalue weighted by molar-refractivity contribution is -0.167. The molecule has 0 radical (unpaired) electrons. The molecule has 1 atom stereocenters. The van der Waals surface area contributed by atoms with Crippen molar-refractivity contribution in [1.29, 1.82) is 0 Å². The maximum absolute atomic E-state index is 12.8. The maximum Gasteiger partial charge on any atom is 0.306 e. The predicted molar refractivity (Wildman–Crippen MR) is 270 cm³/mol. The number of hydrogen-bond acceptors (Lipinski definition) is 6. The maximum atomic E-state index is 12.8. The fraction of sp³-hybridized carbons (Fsp3) is 0.807. The molecule has 6 nitrogen and oxygen atoms in total. The standard InChI is InChI=1S/C57H102O6/c1-4-7-10-13-16-19-22-25-28-30-32-35-38-41-44-47-50-56(59)62-53-54(52-61-55(58)49-46-43-40-37-34-31-27-24-21-18-15-12-9-6-3)63-57(60)51-48-45-42-39-36-33-29-26-23-20-17-14-11-8-5-2/h8,11,17,20,26,28-30,54H,4-7,9-10,12-16,18-19,21-25,27,31-53H2,1-3H3/b11-8-,20-17-,29-26-,30-28-/t54-/m1/s1. The molecule has 366 valence electrons. The molecule has 0 heterocycles. The highest BCUT2D eigenvalue weighted by molar-refractivity contribution is 5.71. The fourth-order valence-electron chi connectivity index (χ4n) is 7.75. The summed E-state index contributed by atoms with van der Waals surface area (Å²) in [6.07, 6.45) is 62.3. The minimum Gasteiger partial charge on any atom is -0.462 e. The van der Waals surface area contributed by atoms with Crippen LogP contribution in [0.3, 0.4) is 0 Å². The molecule has 0 amide bonds. The van der Waals surface area contributed by atoms with Gasteiger partial charge in [-0.2, -0.15) is 0 Å². The molecular formula is C57H102O6. The zero-order valence-corrected chi connectivity index (χ0v) is 41.8. The van der Waals surface area contributed by atoms with Gasteiger partial charge in [0.2, 0.25) is 0 Å². The van der Waals surface area contributed by atoms with E-state index in [0.717, 1.165) is 103 Å². The van der Waals surface area contributed by atoms with Crippen LogP contribution in [-0.2, 0) is 28.6 Å². The van der Waals surface area contributed by atoms with E-state index in [2.05, 4.69) is 69.4 Å². The van der Waals surface area contributed by atoms with Crippen LogP contribution in [0.2, 0.25) is 0 Å². The summed E-state index contributed by atoms with van der Waals surface area (Å²) in [4.78, 5) is 38.0. The molecule has 0 saturated heterocycles. The first-order valence-electron chi connectivity index (χ1n) is 27.1. The molecule has 0 saturated carbocycles. The van der Waals surface area contributed by atoms with E-state index < -0.39 is 6.10 Å². The molecule has 0 bridgehead atoms. The first-order valence-corrected chi connectivity index (χ1v) is 27.1. The van der Waals surface area contributed by atoms with Crippen LogP contribution < -0.4 is 0 Å². The summed E-state index contributed by atoms with van der Waals surface area (Å²) >= 11 is 0. The number of rotatable bonds is 49. The Hall–Kier alpha value is -2.63. The van der Waals surface area contributed by atoms with Crippen molar-refractivity contribution >= 4 is 17.9 Å². The number of unbranched alkanes of at least 4 members (excludes halogenated alkanes) is 30. The van der Waals surface area contributed by atoms with Crippen LogP contribution in [0.25, 0.3) is 0 Å². The molecule has 0 N–H and O–H groups in total. The van der Waals surface area contributed by atoms with Crippen molar-refractivity contribution < 1.29 is 28.6 Å². The number of carbonyl (C=O) groups excluding carboxylic acids is 3. The molecule has 0 aliphatic heterocycles. The zero-order valence-electron chi connectivity index (χ0n) is 41.8. The van der Waals surface area contributed by atoms with Crippen molar-refractivity contribution in [3.8, 4) is 0 Å². The Labute approximate surface area is 390 Å². The van der Waals surface area contributed by atoms with Crippen molar-refractivity contribution in [3.05, 3.63) is 48.6 Å². The number of allylic oxidation sites excluding steroid dienone is 8. The fourth-order valence-corrected chi connectivity index (χ4v) is 7.75. The monoisotopic (exact) mass is 883 g/mol. The number of carbonyl (C=O) groups is 3. The SMILES string of the molecule is CC/C=C\C/C=C\C/C=C\CCCCCCCC(=O)O[C@@H](COC(=O)CCCCCCC/C=C\CCCCCCCCC)COC(=O)CCCCCCCCCCCCCCCC. The van der Waals surface area contributed by atoms with E-state index in [-0.39, 0.29) is 31.1 Å². The van der Waals surface area contributed by atoms with Crippen LogP contribution >= 0.6 is 0 Å². The third kappa shape index (κ3) is 50.2. The highest BCUT2D eigenvalue weighted by atomic mass is 16.6. The van der Waals surface area contributed by atoms with Crippen LogP contribution in [0, 0.1) is 0 Å². The number of ether oxygens (including phenoxy) is 3. The largest absolute Gasteiger partial charge is 0.462 e. The average Bonchev–Trinajstić information content (AvgIpc) is 3.28. The van der Waals surface area contributed by atoms with Crippen LogP contribution in [0.5, 0.6) is 0 Å². The Morgan fingerprint density at radius 1 is 0.333 bits per heavy atom. The van der Waals surface area contributed by atoms with Crippen molar-refractivity contribution in [3.63, 3.8) is 0 Å². The normalized spacial score (nSPS) is 12.4. The summed E-state index contributed by atoms with van der Waals surface area (Å²) in [6, 6.07) is 0. The molecule has 0 unspecified atom stereocenters. The summed E-state index contributed by atoms with van der Waals surface area (Å²) in [7, 11) is 0. The summed E-state index contributed by atoms with van der Waals surface area (Å²) < 4.78 is 16.8. The Bertz CT molecular complexity index is 1110. The first-order chi connectivity index (χ1) is 31.0. The first kappa shape index (κ1) is 60.4. The molecule has 0 aliphatic carbocycles. The predicted octanol–water partition coefficient (Wildman–Crippen LogP) is 17.9. The van der Waals surface area contributed by atoms with Gasteiger partial charge in [0.15, 0.2) is 6.10 Å². The lowest BCUT2D eigenvalue weighted by Crippen LogP contribution is -2.30. The van der Waals surface area contributed by atoms with E-state index in [0.29, 0.717) is 19.3 Å². The number of esters is 3. The van der Waals surface area contributed by atoms with Crippen LogP contribution in [0.4, 0.5) is 0 Å². The summed E-state index contributed by atoms with van der Waals surface area (Å²) in [6.45, 7) is 6.53.